The van der Waals surface area contributed by atoms with Gasteiger partial charge in [0, 0.05) is 17.2 Å². The molecule has 2 amide bonds. The maximum absolute atomic E-state index is 13.3. The van der Waals surface area contributed by atoms with Crippen molar-refractivity contribution in [2.75, 3.05) is 17.6 Å². The van der Waals surface area contributed by atoms with Gasteiger partial charge in [-0.25, -0.2) is 4.39 Å². The molecule has 1 aromatic carbocycles. The molecular weight excluding hydrogens is 343 g/mol. The van der Waals surface area contributed by atoms with Crippen molar-refractivity contribution in [2.24, 2.45) is 5.41 Å². The van der Waals surface area contributed by atoms with E-state index in [9.17, 15) is 18.8 Å². The van der Waals surface area contributed by atoms with Crippen LogP contribution in [-0.2, 0) is 14.4 Å². The summed E-state index contributed by atoms with van der Waals surface area (Å²) in [5.74, 6) is -1.06. The lowest BCUT2D eigenvalue weighted by atomic mass is 9.91. The van der Waals surface area contributed by atoms with Crippen molar-refractivity contribution in [3.63, 3.8) is 0 Å². The van der Waals surface area contributed by atoms with Gasteiger partial charge in [-0.3, -0.25) is 19.3 Å². The van der Waals surface area contributed by atoms with Crippen LogP contribution < -0.4 is 5.32 Å². The molecule has 0 atom stereocenters. The van der Waals surface area contributed by atoms with Gasteiger partial charge in [0.25, 0.3) is 0 Å². The van der Waals surface area contributed by atoms with Gasteiger partial charge in [-0.2, -0.15) is 0 Å². The first-order valence-electron chi connectivity index (χ1n) is 7.83. The summed E-state index contributed by atoms with van der Waals surface area (Å²) in [5.41, 5.74) is 0.516. The van der Waals surface area contributed by atoms with Crippen molar-refractivity contribution < 1.29 is 18.8 Å². The summed E-state index contributed by atoms with van der Waals surface area (Å²) < 4.78 is 13.3. The average molecular weight is 364 g/mol. The van der Waals surface area contributed by atoms with Crippen LogP contribution in [0.25, 0.3) is 0 Å². The Hall–Kier alpha value is -2.15. The molecule has 1 N–H and O–H groups in total. The van der Waals surface area contributed by atoms with Crippen LogP contribution in [0.5, 0.6) is 0 Å². The van der Waals surface area contributed by atoms with E-state index in [4.69, 9.17) is 0 Å². The first-order valence-corrected chi connectivity index (χ1v) is 8.82. The van der Waals surface area contributed by atoms with E-state index in [2.05, 4.69) is 5.32 Å². The smallest absolute Gasteiger partial charge is 0.244 e. The molecule has 2 rings (SSSR count). The fourth-order valence-electron chi connectivity index (χ4n) is 2.09. The lowest BCUT2D eigenvalue weighted by molar-refractivity contribution is -0.129. The average Bonchev–Trinajstić information content (AvgIpc) is 2.83. The molecular formula is C18H21FN2O3S. The van der Waals surface area contributed by atoms with Crippen molar-refractivity contribution in [1.29, 1.82) is 0 Å². The molecule has 1 fully saturated rings. The van der Waals surface area contributed by atoms with Crippen LogP contribution in [0.4, 0.5) is 10.1 Å². The normalized spacial score (nSPS) is 16.4. The summed E-state index contributed by atoms with van der Waals surface area (Å²) in [5, 5.41) is 3.08. The number of hydrogen-bond donors (Lipinski definition) is 1. The Kier molecular flexibility index (Phi) is 5.67. The zero-order chi connectivity index (χ0) is 18.8. The number of allylic oxidation sites excluding steroid dienone is 1. The molecule has 0 radical (unpaired) electrons. The minimum absolute atomic E-state index is 0.115. The first kappa shape index (κ1) is 19.2. The van der Waals surface area contributed by atoms with E-state index in [-0.39, 0.29) is 24.0 Å². The molecule has 0 unspecified atom stereocenters. The molecule has 7 heteroatoms. The fourth-order valence-corrected chi connectivity index (χ4v) is 3.03. The molecule has 0 spiro atoms. The molecule has 1 aliphatic rings. The fraction of sp³-hybridized carbons (Fsp3) is 0.389. The molecule has 134 valence electrons. The molecule has 1 heterocycles. The highest BCUT2D eigenvalue weighted by atomic mass is 32.2. The quantitative estimate of drug-likeness (QED) is 0.834. The number of ketones is 1. The number of amides is 2. The Morgan fingerprint density at radius 2 is 2.04 bits per heavy atom. The number of thioether (sulfide) groups is 1. The van der Waals surface area contributed by atoms with Crippen molar-refractivity contribution in [3.05, 3.63) is 40.7 Å². The van der Waals surface area contributed by atoms with E-state index < -0.39 is 17.1 Å². The number of anilines is 1. The molecule has 5 nitrogen and oxygen atoms in total. The van der Waals surface area contributed by atoms with Gasteiger partial charge in [-0.15, -0.1) is 0 Å². The zero-order valence-corrected chi connectivity index (χ0v) is 15.5. The van der Waals surface area contributed by atoms with E-state index in [1.807, 2.05) is 0 Å². The molecule has 1 aromatic rings. The maximum Gasteiger partial charge on any atom is 0.244 e. The lowest BCUT2D eigenvalue weighted by Crippen LogP contribution is -2.34. The third-order valence-electron chi connectivity index (χ3n) is 3.68. The van der Waals surface area contributed by atoms with E-state index >= 15 is 0 Å². The van der Waals surface area contributed by atoms with Gasteiger partial charge in [0.15, 0.2) is 5.78 Å². The van der Waals surface area contributed by atoms with Crippen molar-refractivity contribution in [1.82, 2.24) is 4.90 Å². The number of carbonyl (C=O) groups is 3. The van der Waals surface area contributed by atoms with Gasteiger partial charge in [0.2, 0.25) is 11.8 Å². The Morgan fingerprint density at radius 1 is 1.36 bits per heavy atom. The number of hydrogen-bond acceptors (Lipinski definition) is 4. The van der Waals surface area contributed by atoms with Gasteiger partial charge >= 0.3 is 0 Å². The Morgan fingerprint density at radius 3 is 2.68 bits per heavy atom. The molecule has 1 aliphatic heterocycles. The van der Waals surface area contributed by atoms with Gasteiger partial charge in [-0.05, 0) is 24.6 Å². The van der Waals surface area contributed by atoms with Crippen LogP contribution >= 0.6 is 11.8 Å². The van der Waals surface area contributed by atoms with Crippen LogP contribution in [0, 0.1) is 18.2 Å². The van der Waals surface area contributed by atoms with Crippen LogP contribution in [0.2, 0.25) is 0 Å². The number of nitrogens with one attached hydrogen (secondary N) is 1. The number of nitrogens with zero attached hydrogens (tertiary/aromatic N) is 1. The second kappa shape index (κ2) is 7.39. The maximum atomic E-state index is 13.3. The van der Waals surface area contributed by atoms with Gasteiger partial charge < -0.3 is 5.32 Å². The van der Waals surface area contributed by atoms with Crippen molar-refractivity contribution >= 4 is 35.0 Å². The first-order chi connectivity index (χ1) is 11.6. The van der Waals surface area contributed by atoms with Crippen molar-refractivity contribution in [2.45, 2.75) is 27.7 Å². The summed E-state index contributed by atoms with van der Waals surface area (Å²) in [6.45, 7) is 6.90. The number of rotatable bonds is 4. The second-order valence-corrected chi connectivity index (χ2v) is 7.87. The van der Waals surface area contributed by atoms with Crippen LogP contribution in [0.3, 0.4) is 0 Å². The second-order valence-electron chi connectivity index (χ2n) is 6.87. The lowest BCUT2D eigenvalue weighted by Gasteiger charge is -2.19. The molecule has 1 saturated heterocycles. The number of carbonyl (C=O) groups excluding carboxylic acids is 3. The highest BCUT2D eigenvalue weighted by molar-refractivity contribution is 8.04. The Balaban J connectivity index is 2.12. The predicted octanol–water partition coefficient (Wildman–Crippen LogP) is 3.10. The molecule has 25 heavy (non-hydrogen) atoms. The van der Waals surface area contributed by atoms with Gasteiger partial charge in [0.05, 0.1) is 10.8 Å². The Bertz CT molecular complexity index is 753. The van der Waals surface area contributed by atoms with Gasteiger partial charge in [0.1, 0.15) is 12.4 Å². The van der Waals surface area contributed by atoms with Gasteiger partial charge in [-0.1, -0.05) is 38.6 Å². The van der Waals surface area contributed by atoms with E-state index in [1.54, 1.807) is 33.8 Å². The third-order valence-corrected chi connectivity index (χ3v) is 4.71. The van der Waals surface area contributed by atoms with Crippen molar-refractivity contribution in [3.8, 4) is 0 Å². The molecule has 0 aromatic heterocycles. The number of halogens is 1. The van der Waals surface area contributed by atoms with E-state index in [1.165, 1.54) is 34.9 Å². The highest BCUT2D eigenvalue weighted by Gasteiger charge is 2.30. The molecule has 0 saturated carbocycles. The predicted molar refractivity (Wildman–Crippen MR) is 96.5 cm³/mol. The minimum atomic E-state index is -0.564. The zero-order valence-electron chi connectivity index (χ0n) is 14.7. The number of benzene rings is 1. The van der Waals surface area contributed by atoms with Crippen LogP contribution in [-0.4, -0.2) is 34.8 Å². The summed E-state index contributed by atoms with van der Waals surface area (Å²) in [6.07, 6.45) is 1.41. The third kappa shape index (κ3) is 4.92. The largest absolute Gasteiger partial charge is 0.324 e. The summed E-state index contributed by atoms with van der Waals surface area (Å²) >= 11 is 1.23. The van der Waals surface area contributed by atoms with Crippen LogP contribution in [0.1, 0.15) is 26.3 Å². The van der Waals surface area contributed by atoms with Crippen LogP contribution in [0.15, 0.2) is 29.3 Å². The SMILES string of the molecule is Cc1ccc(F)cc1NC(=O)CN1C(=O)CS/C1=C\C(=O)C(C)(C)C. The monoisotopic (exact) mass is 364 g/mol. The Labute approximate surface area is 150 Å². The van der Waals surface area contributed by atoms with E-state index in [0.29, 0.717) is 10.7 Å². The molecule has 0 bridgehead atoms. The highest BCUT2D eigenvalue weighted by Crippen LogP contribution is 2.30. The minimum Gasteiger partial charge on any atom is -0.324 e. The topological polar surface area (TPSA) is 66.5 Å². The summed E-state index contributed by atoms with van der Waals surface area (Å²) in [6, 6.07) is 4.10. The molecule has 0 aliphatic carbocycles. The summed E-state index contributed by atoms with van der Waals surface area (Å²) in [4.78, 5) is 37.7. The van der Waals surface area contributed by atoms with E-state index in [0.717, 1.165) is 5.56 Å². The summed E-state index contributed by atoms with van der Waals surface area (Å²) in [7, 11) is 0. The standard InChI is InChI=1S/C18H21FN2O3S/c1-11-5-6-12(19)7-13(11)20-15(23)9-21-16(24)10-25-17(21)8-14(22)18(2,3)4/h5-8H,9-10H2,1-4H3,(H,20,23)/b17-8-. The number of aryl methyl sites for hydroxylation is 1.